The number of anilines is 2. The van der Waals surface area contributed by atoms with Crippen LogP contribution in [0.4, 0.5) is 10.3 Å². The number of nitrogens with two attached hydrogens (primary N) is 1. The maximum Gasteiger partial charge on any atom is 0.238 e. The number of fused-ring (bicyclic) bond motifs is 2. The summed E-state index contributed by atoms with van der Waals surface area (Å²) in [6, 6.07) is 11.0. The van der Waals surface area contributed by atoms with Gasteiger partial charge >= 0.3 is 0 Å². The van der Waals surface area contributed by atoms with Gasteiger partial charge in [-0.05, 0) is 41.8 Å². The van der Waals surface area contributed by atoms with Crippen LogP contribution in [0.3, 0.4) is 0 Å². The first-order valence-corrected chi connectivity index (χ1v) is 11.1. The van der Waals surface area contributed by atoms with E-state index >= 15 is 0 Å². The number of thiazole rings is 2. The molecule has 2 aromatic carbocycles. The van der Waals surface area contributed by atoms with E-state index in [1.54, 1.807) is 23.5 Å². The van der Waals surface area contributed by atoms with Crippen LogP contribution in [0, 0.1) is 0 Å². The second kappa shape index (κ2) is 6.27. The van der Waals surface area contributed by atoms with Crippen molar-refractivity contribution in [1.29, 1.82) is 0 Å². The molecule has 3 N–H and O–H groups in total. The number of hydrogen-bond donors (Lipinski definition) is 2. The second-order valence-electron chi connectivity index (χ2n) is 6.22. The van der Waals surface area contributed by atoms with Crippen LogP contribution in [-0.2, 0) is 10.0 Å². The Morgan fingerprint density at radius 3 is 2.12 bits per heavy atom. The smallest absolute Gasteiger partial charge is 0.238 e. The topological polar surface area (TPSA) is 98.0 Å². The predicted octanol–water partition coefficient (Wildman–Crippen LogP) is 4.42. The van der Waals surface area contributed by atoms with Gasteiger partial charge in [0.25, 0.3) is 0 Å². The van der Waals surface area contributed by atoms with E-state index in [1.807, 2.05) is 6.07 Å². The summed E-state index contributed by atoms with van der Waals surface area (Å²) in [5, 5.41) is 9.83. The van der Waals surface area contributed by atoms with Crippen molar-refractivity contribution in [3.05, 3.63) is 42.0 Å². The summed E-state index contributed by atoms with van der Waals surface area (Å²) in [7, 11) is -3.72. The minimum Gasteiger partial charge on any atom is -0.307 e. The van der Waals surface area contributed by atoms with E-state index in [0.29, 0.717) is 16.6 Å². The third-order valence-electron chi connectivity index (χ3n) is 3.98. The first-order chi connectivity index (χ1) is 12.3. The molecule has 2 heterocycles. The van der Waals surface area contributed by atoms with Crippen LogP contribution in [0.5, 0.6) is 0 Å². The molecule has 0 spiro atoms. The number of sulfonamides is 1. The van der Waals surface area contributed by atoms with Crippen molar-refractivity contribution >= 4 is 63.4 Å². The molecule has 0 aliphatic rings. The molecular weight excluding hydrogens is 388 g/mol. The van der Waals surface area contributed by atoms with E-state index < -0.39 is 10.0 Å². The molecule has 6 nitrogen and oxygen atoms in total. The molecule has 0 bridgehead atoms. The Hall–Kier alpha value is -2.07. The highest BCUT2D eigenvalue weighted by Crippen LogP contribution is 2.34. The fourth-order valence-electron chi connectivity index (χ4n) is 2.58. The standard InChI is InChI=1S/C17H16N4O2S3/c1-9(2)10-3-5-12-14(7-10)24-16(19-12)21-17-20-13-6-4-11(26(18,22)23)8-15(13)25-17/h3-9H,1-2H3,(H2,18,22,23)(H,19,20,21). The zero-order valence-corrected chi connectivity index (χ0v) is 16.5. The molecule has 0 atom stereocenters. The Bertz CT molecular complexity index is 1230. The summed E-state index contributed by atoms with van der Waals surface area (Å²) in [6.45, 7) is 4.33. The molecule has 0 unspecified atom stereocenters. The molecule has 2 aromatic heterocycles. The van der Waals surface area contributed by atoms with Gasteiger partial charge in [-0.2, -0.15) is 0 Å². The van der Waals surface area contributed by atoms with Crippen LogP contribution in [0.25, 0.3) is 20.4 Å². The van der Waals surface area contributed by atoms with Crippen LogP contribution < -0.4 is 10.5 Å². The van der Waals surface area contributed by atoms with E-state index in [4.69, 9.17) is 5.14 Å². The van der Waals surface area contributed by atoms with Crippen molar-refractivity contribution in [2.24, 2.45) is 5.14 Å². The third kappa shape index (κ3) is 3.30. The number of benzene rings is 2. The molecule has 0 aliphatic carbocycles. The third-order valence-corrected chi connectivity index (χ3v) is 6.76. The lowest BCUT2D eigenvalue weighted by Gasteiger charge is -2.03. The van der Waals surface area contributed by atoms with Crippen molar-refractivity contribution in [1.82, 2.24) is 9.97 Å². The molecule has 0 saturated heterocycles. The normalized spacial score (nSPS) is 12.3. The molecule has 0 aliphatic heterocycles. The second-order valence-corrected chi connectivity index (χ2v) is 9.84. The van der Waals surface area contributed by atoms with Gasteiger partial charge in [0.2, 0.25) is 10.0 Å². The predicted molar refractivity (Wildman–Crippen MR) is 108 cm³/mol. The van der Waals surface area contributed by atoms with Crippen LogP contribution in [0.2, 0.25) is 0 Å². The van der Waals surface area contributed by atoms with Gasteiger partial charge in [-0.25, -0.2) is 23.5 Å². The number of primary sulfonamides is 1. The quantitative estimate of drug-likeness (QED) is 0.525. The highest BCUT2D eigenvalue weighted by atomic mass is 32.2. The SMILES string of the molecule is CC(C)c1ccc2nc(Nc3nc4ccc(S(N)(=O)=O)cc4s3)sc2c1. The molecule has 0 fully saturated rings. The first kappa shape index (κ1) is 17.3. The summed E-state index contributed by atoms with van der Waals surface area (Å²) in [5.41, 5.74) is 2.94. The van der Waals surface area contributed by atoms with Crippen molar-refractivity contribution in [2.75, 3.05) is 5.32 Å². The number of nitrogens with zero attached hydrogens (tertiary/aromatic N) is 2. The van der Waals surface area contributed by atoms with Gasteiger partial charge in [0.15, 0.2) is 10.3 Å². The fourth-order valence-corrected chi connectivity index (χ4v) is 5.08. The lowest BCUT2D eigenvalue weighted by atomic mass is 10.0. The van der Waals surface area contributed by atoms with E-state index in [-0.39, 0.29) is 4.90 Å². The van der Waals surface area contributed by atoms with Gasteiger partial charge in [0.05, 0.1) is 25.3 Å². The molecule has 134 valence electrons. The van der Waals surface area contributed by atoms with Gasteiger partial charge in [-0.1, -0.05) is 42.6 Å². The number of hydrogen-bond acceptors (Lipinski definition) is 7. The maximum atomic E-state index is 11.5. The average Bonchev–Trinajstić information content (AvgIpc) is 3.14. The highest BCUT2D eigenvalue weighted by Gasteiger charge is 2.13. The van der Waals surface area contributed by atoms with Crippen molar-refractivity contribution < 1.29 is 8.42 Å². The first-order valence-electron chi connectivity index (χ1n) is 7.90. The summed E-state index contributed by atoms with van der Waals surface area (Å²) in [4.78, 5) is 9.16. The monoisotopic (exact) mass is 404 g/mol. The number of aromatic nitrogens is 2. The Balaban J connectivity index is 1.67. The molecule has 0 radical (unpaired) electrons. The molecule has 26 heavy (non-hydrogen) atoms. The minimum absolute atomic E-state index is 0.0846. The van der Waals surface area contributed by atoms with Gasteiger partial charge < -0.3 is 5.32 Å². The molecule has 9 heteroatoms. The van der Waals surface area contributed by atoms with Crippen LogP contribution >= 0.6 is 22.7 Å². The Morgan fingerprint density at radius 2 is 1.54 bits per heavy atom. The Morgan fingerprint density at radius 1 is 0.962 bits per heavy atom. The Kier molecular flexibility index (Phi) is 4.19. The summed E-state index contributed by atoms with van der Waals surface area (Å²) >= 11 is 2.93. The Labute approximate surface area is 158 Å². The molecule has 0 amide bonds. The summed E-state index contributed by atoms with van der Waals surface area (Å²) in [6.07, 6.45) is 0. The fraction of sp³-hybridized carbons (Fsp3) is 0.176. The van der Waals surface area contributed by atoms with Gasteiger partial charge in [-0.3, -0.25) is 0 Å². The molecule has 4 aromatic rings. The van der Waals surface area contributed by atoms with E-state index in [2.05, 4.69) is 41.3 Å². The lowest BCUT2D eigenvalue weighted by molar-refractivity contribution is 0.598. The zero-order valence-electron chi connectivity index (χ0n) is 14.1. The summed E-state index contributed by atoms with van der Waals surface area (Å²) < 4.78 is 24.8. The molecule has 0 saturated carbocycles. The van der Waals surface area contributed by atoms with Crippen LogP contribution in [0.15, 0.2) is 41.3 Å². The van der Waals surface area contributed by atoms with E-state index in [1.165, 1.54) is 23.0 Å². The average molecular weight is 405 g/mol. The largest absolute Gasteiger partial charge is 0.307 e. The van der Waals surface area contributed by atoms with Crippen LogP contribution in [-0.4, -0.2) is 18.4 Å². The lowest BCUT2D eigenvalue weighted by Crippen LogP contribution is -2.11. The number of rotatable bonds is 4. The highest BCUT2D eigenvalue weighted by molar-refractivity contribution is 7.89. The van der Waals surface area contributed by atoms with Crippen molar-refractivity contribution in [3.63, 3.8) is 0 Å². The number of nitrogens with one attached hydrogen (secondary N) is 1. The van der Waals surface area contributed by atoms with Crippen LogP contribution in [0.1, 0.15) is 25.3 Å². The van der Waals surface area contributed by atoms with Gasteiger partial charge in [0.1, 0.15) is 0 Å². The molecule has 4 rings (SSSR count). The van der Waals surface area contributed by atoms with E-state index in [9.17, 15) is 8.42 Å². The maximum absolute atomic E-state index is 11.5. The van der Waals surface area contributed by atoms with Gasteiger partial charge in [-0.15, -0.1) is 0 Å². The summed E-state index contributed by atoms with van der Waals surface area (Å²) in [5.74, 6) is 0.468. The van der Waals surface area contributed by atoms with E-state index in [0.717, 1.165) is 20.0 Å². The zero-order chi connectivity index (χ0) is 18.5. The minimum atomic E-state index is -3.72. The molecular formula is C17H16N4O2S3. The van der Waals surface area contributed by atoms with Crippen molar-refractivity contribution in [2.45, 2.75) is 24.7 Å². The van der Waals surface area contributed by atoms with Gasteiger partial charge in [0, 0.05) is 0 Å². The van der Waals surface area contributed by atoms with Crippen molar-refractivity contribution in [3.8, 4) is 0 Å².